The van der Waals surface area contributed by atoms with Crippen LogP contribution < -0.4 is 10.2 Å². The predicted molar refractivity (Wildman–Crippen MR) is 163 cm³/mol. The molecule has 2 atom stereocenters. The van der Waals surface area contributed by atoms with E-state index in [9.17, 15) is 9.59 Å². The average molecular weight is 550 g/mol. The van der Waals surface area contributed by atoms with Crippen LogP contribution in [0.25, 0.3) is 11.1 Å². The van der Waals surface area contributed by atoms with Crippen LogP contribution in [0.5, 0.6) is 0 Å². The Hall–Kier alpha value is -4.23. The lowest BCUT2D eigenvalue weighted by molar-refractivity contribution is -0.143. The molecule has 0 saturated carbocycles. The van der Waals surface area contributed by atoms with Crippen molar-refractivity contribution in [3.8, 4) is 11.1 Å². The summed E-state index contributed by atoms with van der Waals surface area (Å²) >= 11 is 0. The first-order chi connectivity index (χ1) is 20.0. The number of likely N-dealkylation sites (N-methyl/N-ethyl adjacent to an activating group) is 1. The molecule has 0 fully saturated rings. The van der Waals surface area contributed by atoms with Gasteiger partial charge in [0.05, 0.1) is 12.4 Å². The van der Waals surface area contributed by atoms with Crippen molar-refractivity contribution < 1.29 is 9.59 Å². The molecule has 4 aromatic rings. The Bertz CT molecular complexity index is 1430. The summed E-state index contributed by atoms with van der Waals surface area (Å²) in [6.45, 7) is 7.65. The highest BCUT2D eigenvalue weighted by Gasteiger charge is 2.39. The van der Waals surface area contributed by atoms with E-state index in [2.05, 4.69) is 51.7 Å². The second kappa shape index (κ2) is 13.0. The largest absolute Gasteiger partial charge is 0.348 e. The topological polar surface area (TPSA) is 81.3 Å². The molecule has 0 saturated heterocycles. The summed E-state index contributed by atoms with van der Waals surface area (Å²) in [5, 5.41) is 3.47. The number of benzene rings is 3. The number of nitrogens with zero attached hydrogens (tertiary/aromatic N) is 3. The van der Waals surface area contributed by atoms with Crippen molar-refractivity contribution in [2.45, 2.75) is 52.2 Å². The van der Waals surface area contributed by atoms with E-state index in [1.165, 1.54) is 0 Å². The molecule has 0 spiro atoms. The van der Waals surface area contributed by atoms with Gasteiger partial charge in [-0.25, -0.2) is 4.98 Å². The SMILES string of the molecule is CCN(C(=O)[C@@H]1Cc2ccccc2CN1C(=O)C(NCCc1cnc[nH]1)C(C)C)c1ccc(-c2ccccc2)cc1. The summed E-state index contributed by atoms with van der Waals surface area (Å²) in [7, 11) is 0. The Labute approximate surface area is 242 Å². The van der Waals surface area contributed by atoms with Crippen molar-refractivity contribution in [3.63, 3.8) is 0 Å². The number of rotatable bonds is 10. The van der Waals surface area contributed by atoms with Gasteiger partial charge in [-0.1, -0.05) is 80.6 Å². The summed E-state index contributed by atoms with van der Waals surface area (Å²) in [6.07, 6.45) is 4.70. The number of fused-ring (bicyclic) bond motifs is 1. The van der Waals surface area contributed by atoms with Crippen molar-refractivity contribution in [2.75, 3.05) is 18.0 Å². The van der Waals surface area contributed by atoms with E-state index < -0.39 is 12.1 Å². The number of aromatic nitrogens is 2. The van der Waals surface area contributed by atoms with E-state index in [0.717, 1.165) is 40.1 Å². The fourth-order valence-corrected chi connectivity index (χ4v) is 5.66. The van der Waals surface area contributed by atoms with E-state index in [1.807, 2.05) is 68.1 Å². The molecular weight excluding hydrogens is 510 g/mol. The van der Waals surface area contributed by atoms with Gasteiger partial charge in [0.2, 0.25) is 11.8 Å². The molecule has 7 nitrogen and oxygen atoms in total. The van der Waals surface area contributed by atoms with E-state index in [1.54, 1.807) is 17.4 Å². The molecule has 3 aromatic carbocycles. The van der Waals surface area contributed by atoms with Crippen LogP contribution >= 0.6 is 0 Å². The van der Waals surface area contributed by atoms with Crippen molar-refractivity contribution in [2.24, 2.45) is 5.92 Å². The molecule has 1 aliphatic heterocycles. The first-order valence-corrected chi connectivity index (χ1v) is 14.5. The lowest BCUT2D eigenvalue weighted by Crippen LogP contribution is -2.59. The van der Waals surface area contributed by atoms with Gasteiger partial charge in [-0.3, -0.25) is 9.59 Å². The number of carbonyl (C=O) groups is 2. The van der Waals surface area contributed by atoms with E-state index in [4.69, 9.17) is 0 Å². The fraction of sp³-hybridized carbons (Fsp3) is 0.324. The number of H-pyrrole nitrogens is 1. The molecule has 1 unspecified atom stereocenters. The van der Waals surface area contributed by atoms with E-state index >= 15 is 0 Å². The summed E-state index contributed by atoms with van der Waals surface area (Å²) in [4.78, 5) is 39.3. The Morgan fingerprint density at radius 2 is 1.66 bits per heavy atom. The highest BCUT2D eigenvalue weighted by Crippen LogP contribution is 2.29. The van der Waals surface area contributed by atoms with Crippen molar-refractivity contribution >= 4 is 17.5 Å². The Morgan fingerprint density at radius 1 is 0.976 bits per heavy atom. The first-order valence-electron chi connectivity index (χ1n) is 14.5. The van der Waals surface area contributed by atoms with Gasteiger partial charge in [0.15, 0.2) is 0 Å². The number of carbonyl (C=O) groups excluding carboxylic acids is 2. The molecule has 0 radical (unpaired) electrons. The van der Waals surface area contributed by atoms with Crippen LogP contribution in [0.1, 0.15) is 37.6 Å². The second-order valence-corrected chi connectivity index (χ2v) is 11.0. The number of hydrogen-bond donors (Lipinski definition) is 2. The zero-order valence-corrected chi connectivity index (χ0v) is 24.1. The fourth-order valence-electron chi connectivity index (χ4n) is 5.66. The molecule has 1 aromatic heterocycles. The van der Waals surface area contributed by atoms with Crippen LogP contribution in [0.3, 0.4) is 0 Å². The summed E-state index contributed by atoms with van der Waals surface area (Å²) in [5.41, 5.74) is 6.31. The number of amides is 2. The molecule has 1 aliphatic rings. The van der Waals surface area contributed by atoms with Gasteiger partial charge >= 0.3 is 0 Å². The molecule has 2 amide bonds. The van der Waals surface area contributed by atoms with E-state index in [-0.39, 0.29) is 17.7 Å². The maximum Gasteiger partial charge on any atom is 0.250 e. The van der Waals surface area contributed by atoms with Crippen molar-refractivity contribution in [3.05, 3.63) is 108 Å². The summed E-state index contributed by atoms with van der Waals surface area (Å²) in [5.74, 6) is -0.0271. The molecule has 2 heterocycles. The van der Waals surface area contributed by atoms with E-state index in [0.29, 0.717) is 26.1 Å². The maximum absolute atomic E-state index is 14.3. The van der Waals surface area contributed by atoms with Crippen LogP contribution in [0.15, 0.2) is 91.4 Å². The monoisotopic (exact) mass is 549 g/mol. The molecule has 212 valence electrons. The highest BCUT2D eigenvalue weighted by molar-refractivity contribution is 6.00. The molecule has 0 aliphatic carbocycles. The van der Waals surface area contributed by atoms with Gasteiger partial charge < -0.3 is 20.1 Å². The predicted octanol–water partition coefficient (Wildman–Crippen LogP) is 5.24. The third-order valence-corrected chi connectivity index (χ3v) is 7.93. The normalized spacial score (nSPS) is 15.4. The Kier molecular flexibility index (Phi) is 8.95. The minimum absolute atomic E-state index is 0.0343. The van der Waals surface area contributed by atoms with Crippen LogP contribution in [0, 0.1) is 5.92 Å². The standard InChI is InChI=1S/C34H39N5O2/c1-4-38(30-16-14-26(15-17-30)25-10-6-5-7-11-25)33(40)31-20-27-12-8-9-13-28(27)22-39(31)34(41)32(24(2)3)36-19-18-29-21-35-23-37-29/h5-17,21,23-24,31-32,36H,4,18-20,22H2,1-3H3,(H,35,37)/t31-,32?/m0/s1. The van der Waals surface area contributed by atoms with Gasteiger partial charge in [-0.05, 0) is 47.2 Å². The number of nitrogens with one attached hydrogen (secondary N) is 2. The number of anilines is 1. The molecular formula is C34H39N5O2. The van der Waals surface area contributed by atoms with Crippen molar-refractivity contribution in [1.29, 1.82) is 0 Å². The third kappa shape index (κ3) is 6.41. The molecule has 2 N–H and O–H groups in total. The van der Waals surface area contributed by atoms with Gasteiger partial charge in [-0.15, -0.1) is 0 Å². The highest BCUT2D eigenvalue weighted by atomic mass is 16.2. The molecule has 7 heteroatoms. The lowest BCUT2D eigenvalue weighted by atomic mass is 9.91. The minimum atomic E-state index is -0.582. The van der Waals surface area contributed by atoms with Crippen LogP contribution in [-0.4, -0.2) is 51.9 Å². The minimum Gasteiger partial charge on any atom is -0.348 e. The molecule has 5 rings (SSSR count). The molecule has 0 bridgehead atoms. The number of hydrogen-bond acceptors (Lipinski definition) is 4. The first kappa shape index (κ1) is 28.3. The smallest absolute Gasteiger partial charge is 0.250 e. The summed E-state index contributed by atoms with van der Waals surface area (Å²) in [6, 6.07) is 25.5. The van der Waals surface area contributed by atoms with Crippen LogP contribution in [-0.2, 0) is 29.0 Å². The number of aromatic amines is 1. The number of imidazole rings is 1. The zero-order chi connectivity index (χ0) is 28.8. The second-order valence-electron chi connectivity index (χ2n) is 11.0. The summed E-state index contributed by atoms with van der Waals surface area (Å²) < 4.78 is 0. The quantitative estimate of drug-likeness (QED) is 0.284. The van der Waals surface area contributed by atoms with Gasteiger partial charge in [-0.2, -0.15) is 0 Å². The maximum atomic E-state index is 14.3. The zero-order valence-electron chi connectivity index (χ0n) is 24.1. The average Bonchev–Trinajstić information content (AvgIpc) is 3.53. The molecule has 41 heavy (non-hydrogen) atoms. The van der Waals surface area contributed by atoms with Gasteiger partial charge in [0, 0.05) is 50.1 Å². The Balaban J connectivity index is 1.39. The van der Waals surface area contributed by atoms with Crippen LogP contribution in [0.4, 0.5) is 5.69 Å². The Morgan fingerprint density at radius 3 is 2.32 bits per heavy atom. The van der Waals surface area contributed by atoms with Gasteiger partial charge in [0.25, 0.3) is 0 Å². The van der Waals surface area contributed by atoms with Crippen LogP contribution in [0.2, 0.25) is 0 Å². The third-order valence-electron chi connectivity index (χ3n) is 7.93. The lowest BCUT2D eigenvalue weighted by Gasteiger charge is -2.40. The van der Waals surface area contributed by atoms with Gasteiger partial charge in [0.1, 0.15) is 6.04 Å². The van der Waals surface area contributed by atoms with Crippen molar-refractivity contribution in [1.82, 2.24) is 20.2 Å².